The third-order valence-corrected chi connectivity index (χ3v) is 3.88. The normalized spacial score (nSPS) is 19.4. The summed E-state index contributed by atoms with van der Waals surface area (Å²) < 4.78 is 0. The molecule has 0 bridgehead atoms. The van der Waals surface area contributed by atoms with Gasteiger partial charge in [-0.25, -0.2) is 0 Å². The Hall–Kier alpha value is -1.02. The molecule has 0 aromatic heterocycles. The van der Waals surface area contributed by atoms with Crippen molar-refractivity contribution in [3.63, 3.8) is 0 Å². The number of hydrogen-bond donors (Lipinski definition) is 1. The van der Waals surface area contributed by atoms with Crippen molar-refractivity contribution >= 4 is 5.69 Å². The van der Waals surface area contributed by atoms with Gasteiger partial charge in [0.25, 0.3) is 0 Å². The van der Waals surface area contributed by atoms with Crippen LogP contribution in [0.15, 0.2) is 24.3 Å². The van der Waals surface area contributed by atoms with Gasteiger partial charge in [0.15, 0.2) is 0 Å². The molecular weight excluding hydrogens is 220 g/mol. The minimum absolute atomic E-state index is 0.905. The van der Waals surface area contributed by atoms with E-state index in [2.05, 4.69) is 48.3 Å². The first-order valence-electron chi connectivity index (χ1n) is 7.38. The Kier molecular flexibility index (Phi) is 5.06. The maximum Gasteiger partial charge on any atom is 0.0411 e. The maximum atomic E-state index is 3.44. The second-order valence-corrected chi connectivity index (χ2v) is 5.30. The molecular formula is C16H26N2. The topological polar surface area (TPSA) is 15.3 Å². The van der Waals surface area contributed by atoms with Gasteiger partial charge in [-0.2, -0.15) is 0 Å². The summed E-state index contributed by atoms with van der Waals surface area (Å²) in [7, 11) is 0. The standard InChI is InChI=1S/C16H26N2/c1-3-7-14-10-11-18(13-14)16-9-6-5-8-15(16)12-17-4-2/h5-6,8-9,14,17H,3-4,7,10-13H2,1-2H3. The SMILES string of the molecule is CCCC1CCN(c2ccccc2CNCC)C1. The zero-order valence-corrected chi connectivity index (χ0v) is 11.8. The van der Waals surface area contributed by atoms with Crippen molar-refractivity contribution < 1.29 is 0 Å². The predicted molar refractivity (Wildman–Crippen MR) is 79.1 cm³/mol. The lowest BCUT2D eigenvalue weighted by molar-refractivity contribution is 0.529. The van der Waals surface area contributed by atoms with Crippen LogP contribution in [0.1, 0.15) is 38.7 Å². The van der Waals surface area contributed by atoms with Crippen molar-refractivity contribution in [2.45, 2.75) is 39.7 Å². The Bertz CT molecular complexity index is 362. The van der Waals surface area contributed by atoms with Gasteiger partial charge in [0.2, 0.25) is 0 Å². The summed E-state index contributed by atoms with van der Waals surface area (Å²) in [6, 6.07) is 8.85. The van der Waals surface area contributed by atoms with Crippen LogP contribution in [-0.4, -0.2) is 19.6 Å². The third kappa shape index (κ3) is 3.26. The highest BCUT2D eigenvalue weighted by atomic mass is 15.2. The summed E-state index contributed by atoms with van der Waals surface area (Å²) in [6.45, 7) is 8.96. The monoisotopic (exact) mass is 246 g/mol. The molecule has 1 unspecified atom stereocenters. The van der Waals surface area contributed by atoms with Gasteiger partial charge in [-0.1, -0.05) is 38.5 Å². The second-order valence-electron chi connectivity index (χ2n) is 5.30. The molecule has 0 spiro atoms. The van der Waals surface area contributed by atoms with Crippen molar-refractivity contribution in [1.29, 1.82) is 0 Å². The average Bonchev–Trinajstić information content (AvgIpc) is 2.86. The summed E-state index contributed by atoms with van der Waals surface area (Å²) in [5.41, 5.74) is 2.88. The van der Waals surface area contributed by atoms with Crippen LogP contribution in [-0.2, 0) is 6.54 Å². The van der Waals surface area contributed by atoms with Crippen molar-refractivity contribution in [3.05, 3.63) is 29.8 Å². The van der Waals surface area contributed by atoms with E-state index < -0.39 is 0 Å². The smallest absolute Gasteiger partial charge is 0.0411 e. The highest BCUT2D eigenvalue weighted by molar-refractivity contribution is 5.54. The molecule has 100 valence electrons. The van der Waals surface area contributed by atoms with Crippen LogP contribution < -0.4 is 10.2 Å². The van der Waals surface area contributed by atoms with Crippen LogP contribution in [0.3, 0.4) is 0 Å². The van der Waals surface area contributed by atoms with Crippen LogP contribution in [0.4, 0.5) is 5.69 Å². The molecule has 1 atom stereocenters. The third-order valence-electron chi connectivity index (χ3n) is 3.88. The molecule has 0 amide bonds. The summed E-state index contributed by atoms with van der Waals surface area (Å²) in [6.07, 6.45) is 4.06. The molecule has 0 radical (unpaired) electrons. The quantitative estimate of drug-likeness (QED) is 0.827. The molecule has 2 nitrogen and oxygen atoms in total. The fourth-order valence-electron chi connectivity index (χ4n) is 2.92. The van der Waals surface area contributed by atoms with Crippen molar-refractivity contribution in [2.24, 2.45) is 5.92 Å². The molecule has 1 fully saturated rings. The van der Waals surface area contributed by atoms with E-state index in [0.29, 0.717) is 0 Å². The average molecular weight is 246 g/mol. The van der Waals surface area contributed by atoms with Gasteiger partial charge in [0, 0.05) is 25.3 Å². The Balaban J connectivity index is 2.04. The number of anilines is 1. The lowest BCUT2D eigenvalue weighted by atomic mass is 10.0. The molecule has 0 saturated carbocycles. The van der Waals surface area contributed by atoms with Crippen LogP contribution in [0, 0.1) is 5.92 Å². The van der Waals surface area contributed by atoms with E-state index in [0.717, 1.165) is 19.0 Å². The highest BCUT2D eigenvalue weighted by Crippen LogP contribution is 2.28. The van der Waals surface area contributed by atoms with Gasteiger partial charge in [-0.15, -0.1) is 0 Å². The number of nitrogens with one attached hydrogen (secondary N) is 1. The fourth-order valence-corrected chi connectivity index (χ4v) is 2.92. The number of hydrogen-bond acceptors (Lipinski definition) is 2. The van der Waals surface area contributed by atoms with Gasteiger partial charge in [0.1, 0.15) is 0 Å². The fraction of sp³-hybridized carbons (Fsp3) is 0.625. The molecule has 2 heteroatoms. The van der Waals surface area contributed by atoms with Gasteiger partial charge < -0.3 is 10.2 Å². The summed E-state index contributed by atoms with van der Waals surface area (Å²) in [5, 5.41) is 3.44. The largest absolute Gasteiger partial charge is 0.371 e. The van der Waals surface area contributed by atoms with Gasteiger partial charge >= 0.3 is 0 Å². The molecule has 1 N–H and O–H groups in total. The van der Waals surface area contributed by atoms with E-state index in [4.69, 9.17) is 0 Å². The van der Waals surface area contributed by atoms with Crippen molar-refractivity contribution in [2.75, 3.05) is 24.5 Å². The Labute approximate surface area is 111 Å². The van der Waals surface area contributed by atoms with E-state index in [-0.39, 0.29) is 0 Å². The van der Waals surface area contributed by atoms with Crippen LogP contribution in [0.5, 0.6) is 0 Å². The van der Waals surface area contributed by atoms with Gasteiger partial charge in [-0.05, 0) is 36.9 Å². The molecule has 1 aromatic rings. The number of benzene rings is 1. The van der Waals surface area contributed by atoms with Crippen LogP contribution in [0.25, 0.3) is 0 Å². The Morgan fingerprint density at radius 3 is 2.89 bits per heavy atom. The van der Waals surface area contributed by atoms with E-state index in [1.54, 1.807) is 0 Å². The van der Waals surface area contributed by atoms with Gasteiger partial charge in [-0.3, -0.25) is 0 Å². The first kappa shape index (κ1) is 13.4. The molecule has 2 rings (SSSR count). The van der Waals surface area contributed by atoms with E-state index in [1.165, 1.54) is 43.6 Å². The Morgan fingerprint density at radius 1 is 1.28 bits per heavy atom. The number of para-hydroxylation sites is 1. The molecule has 1 aliphatic heterocycles. The first-order valence-corrected chi connectivity index (χ1v) is 7.38. The summed E-state index contributed by atoms with van der Waals surface area (Å²) >= 11 is 0. The number of nitrogens with zero attached hydrogens (tertiary/aromatic N) is 1. The molecule has 1 aromatic carbocycles. The van der Waals surface area contributed by atoms with Gasteiger partial charge in [0.05, 0.1) is 0 Å². The van der Waals surface area contributed by atoms with Crippen molar-refractivity contribution in [1.82, 2.24) is 5.32 Å². The molecule has 18 heavy (non-hydrogen) atoms. The highest BCUT2D eigenvalue weighted by Gasteiger charge is 2.23. The predicted octanol–water partition coefficient (Wildman–Crippen LogP) is 3.42. The van der Waals surface area contributed by atoms with E-state index >= 15 is 0 Å². The summed E-state index contributed by atoms with van der Waals surface area (Å²) in [4.78, 5) is 2.58. The lowest BCUT2D eigenvalue weighted by Gasteiger charge is -2.22. The van der Waals surface area contributed by atoms with E-state index in [9.17, 15) is 0 Å². The number of rotatable bonds is 6. The van der Waals surface area contributed by atoms with Crippen LogP contribution >= 0.6 is 0 Å². The molecule has 1 saturated heterocycles. The minimum Gasteiger partial charge on any atom is -0.371 e. The summed E-state index contributed by atoms with van der Waals surface area (Å²) in [5.74, 6) is 0.905. The van der Waals surface area contributed by atoms with E-state index in [1.807, 2.05) is 0 Å². The minimum atomic E-state index is 0.905. The van der Waals surface area contributed by atoms with Crippen LogP contribution in [0.2, 0.25) is 0 Å². The van der Waals surface area contributed by atoms with Crippen molar-refractivity contribution in [3.8, 4) is 0 Å². The molecule has 0 aliphatic carbocycles. The second kappa shape index (κ2) is 6.79. The Morgan fingerprint density at radius 2 is 2.11 bits per heavy atom. The first-order chi connectivity index (χ1) is 8.85. The maximum absolute atomic E-state index is 3.44. The molecule has 1 heterocycles. The molecule has 1 aliphatic rings. The zero-order valence-electron chi connectivity index (χ0n) is 11.8. The zero-order chi connectivity index (χ0) is 12.8. The lowest BCUT2D eigenvalue weighted by Crippen LogP contribution is -2.22.